The first-order chi connectivity index (χ1) is 9.29. The first kappa shape index (κ1) is 16.8. The maximum absolute atomic E-state index is 11.7. The van der Waals surface area contributed by atoms with Gasteiger partial charge in [-0.15, -0.1) is 12.4 Å². The van der Waals surface area contributed by atoms with E-state index in [4.69, 9.17) is 5.11 Å². The molecule has 0 amide bonds. The van der Waals surface area contributed by atoms with E-state index in [9.17, 15) is 4.79 Å². The number of nitrogens with one attached hydrogen (secondary N) is 1. The molecule has 0 fully saturated rings. The van der Waals surface area contributed by atoms with Crippen LogP contribution in [-0.2, 0) is 6.54 Å². The Labute approximate surface area is 126 Å². The number of aromatic nitrogens is 4. The zero-order valence-corrected chi connectivity index (χ0v) is 11.8. The Balaban J connectivity index is 0.00000110. The van der Waals surface area contributed by atoms with Crippen LogP contribution in [0.2, 0.25) is 0 Å². The molecule has 0 radical (unpaired) electrons. The number of halogens is 1. The molecule has 0 spiro atoms. The lowest BCUT2D eigenvalue weighted by Crippen LogP contribution is -2.18. The molecule has 3 heterocycles. The number of pyridine rings is 2. The third-order valence-electron chi connectivity index (χ3n) is 2.95. The lowest BCUT2D eigenvalue weighted by atomic mass is 10.1. The predicted molar refractivity (Wildman–Crippen MR) is 81.5 cm³/mol. The van der Waals surface area contributed by atoms with Gasteiger partial charge < -0.3 is 15.6 Å². The van der Waals surface area contributed by atoms with Crippen molar-refractivity contribution in [1.29, 1.82) is 0 Å². The van der Waals surface area contributed by atoms with Crippen molar-refractivity contribution < 1.29 is 10.6 Å². The fraction of sp³-hybridized carbons (Fsp3) is 0.154. The summed E-state index contributed by atoms with van der Waals surface area (Å²) < 4.78 is 1.42. The zero-order chi connectivity index (χ0) is 13.2. The van der Waals surface area contributed by atoms with Crippen molar-refractivity contribution in [3.05, 3.63) is 47.3 Å². The molecule has 21 heavy (non-hydrogen) atoms. The Hall–Kier alpha value is -2.22. The van der Waals surface area contributed by atoms with Crippen molar-refractivity contribution in [2.75, 3.05) is 6.61 Å². The molecule has 0 aliphatic heterocycles. The van der Waals surface area contributed by atoms with Gasteiger partial charge in [-0.25, -0.2) is 9.78 Å². The molecule has 0 saturated heterocycles. The Kier molecular flexibility index (Phi) is 5.60. The maximum atomic E-state index is 11.7. The molecular weight excluding hydrogens is 296 g/mol. The lowest BCUT2D eigenvalue weighted by Gasteiger charge is -2.02. The van der Waals surface area contributed by atoms with Crippen molar-refractivity contribution in [1.82, 2.24) is 19.5 Å². The molecule has 3 aromatic heterocycles. The second kappa shape index (κ2) is 6.98. The van der Waals surface area contributed by atoms with Gasteiger partial charge in [-0.3, -0.25) is 9.55 Å². The fourth-order valence-corrected chi connectivity index (χ4v) is 2.05. The largest absolute Gasteiger partial charge is 0.412 e. The van der Waals surface area contributed by atoms with E-state index in [2.05, 4.69) is 15.0 Å². The van der Waals surface area contributed by atoms with Crippen molar-refractivity contribution >= 4 is 23.6 Å². The Morgan fingerprint density at radius 1 is 1.24 bits per heavy atom. The van der Waals surface area contributed by atoms with Crippen molar-refractivity contribution in [3.8, 4) is 11.1 Å². The van der Waals surface area contributed by atoms with Gasteiger partial charge in [0.25, 0.3) is 0 Å². The second-order valence-corrected chi connectivity index (χ2v) is 4.14. The molecule has 8 heteroatoms. The van der Waals surface area contributed by atoms with Gasteiger partial charge in [0.2, 0.25) is 0 Å². The summed E-state index contributed by atoms with van der Waals surface area (Å²) in [5.74, 6) is 0. The zero-order valence-electron chi connectivity index (χ0n) is 11.0. The summed E-state index contributed by atoms with van der Waals surface area (Å²) in [6, 6.07) is 5.63. The molecule has 0 atom stereocenters. The van der Waals surface area contributed by atoms with Crippen LogP contribution in [-0.4, -0.2) is 36.7 Å². The average Bonchev–Trinajstić information content (AvgIpc) is 2.76. The number of hydrogen-bond acceptors (Lipinski definition) is 4. The average molecular weight is 311 g/mol. The highest BCUT2D eigenvalue weighted by Gasteiger charge is 2.08. The van der Waals surface area contributed by atoms with Gasteiger partial charge in [0.05, 0.1) is 18.7 Å². The smallest absolute Gasteiger partial charge is 0.327 e. The number of hydrogen-bond donors (Lipinski definition) is 2. The summed E-state index contributed by atoms with van der Waals surface area (Å²) in [7, 11) is 0. The maximum Gasteiger partial charge on any atom is 0.327 e. The number of aromatic amines is 1. The summed E-state index contributed by atoms with van der Waals surface area (Å²) in [5.41, 5.74) is 2.85. The molecule has 112 valence electrons. The highest BCUT2D eigenvalue weighted by atomic mass is 35.5. The summed E-state index contributed by atoms with van der Waals surface area (Å²) in [4.78, 5) is 22.7. The summed E-state index contributed by atoms with van der Waals surface area (Å²) in [5, 5.41) is 8.95. The number of fused-ring (bicyclic) bond motifs is 1. The lowest BCUT2D eigenvalue weighted by molar-refractivity contribution is 0.276. The van der Waals surface area contributed by atoms with Crippen molar-refractivity contribution in [2.24, 2.45) is 0 Å². The van der Waals surface area contributed by atoms with E-state index in [0.717, 1.165) is 11.1 Å². The van der Waals surface area contributed by atoms with E-state index < -0.39 is 0 Å². The Bertz CT molecular complexity index is 770. The van der Waals surface area contributed by atoms with Gasteiger partial charge >= 0.3 is 5.69 Å². The van der Waals surface area contributed by atoms with Crippen molar-refractivity contribution in [2.45, 2.75) is 6.54 Å². The van der Waals surface area contributed by atoms with Crippen LogP contribution < -0.4 is 5.69 Å². The molecule has 0 unspecified atom stereocenters. The van der Waals surface area contributed by atoms with Gasteiger partial charge in [0.1, 0.15) is 0 Å². The first-order valence-corrected chi connectivity index (χ1v) is 5.89. The first-order valence-electron chi connectivity index (χ1n) is 5.89. The number of aliphatic hydroxyl groups is 1. The van der Waals surface area contributed by atoms with Crippen LogP contribution in [0.1, 0.15) is 0 Å². The van der Waals surface area contributed by atoms with Crippen LogP contribution in [0.25, 0.3) is 22.3 Å². The van der Waals surface area contributed by atoms with Crippen LogP contribution in [0.15, 0.2) is 41.6 Å². The Morgan fingerprint density at radius 3 is 2.62 bits per heavy atom. The molecule has 3 rings (SSSR count). The fourth-order valence-electron chi connectivity index (χ4n) is 2.05. The SMILES string of the molecule is Cl.O.O=c1[nH]c2cc(-c3ccncc3)cnc2n1CCO. The van der Waals surface area contributed by atoms with Gasteiger partial charge in [0, 0.05) is 24.2 Å². The van der Waals surface area contributed by atoms with E-state index in [1.807, 2.05) is 18.2 Å². The molecule has 7 nitrogen and oxygen atoms in total. The number of rotatable bonds is 3. The standard InChI is InChI=1S/C13H12N4O2.ClH.H2O/c18-6-5-17-12-11(16-13(17)19)7-10(8-15-12)9-1-3-14-4-2-9;;/h1-4,7-8,18H,5-6H2,(H,16,19);1H;1H2. The van der Waals surface area contributed by atoms with Crippen LogP contribution in [0.5, 0.6) is 0 Å². The molecule has 0 bridgehead atoms. The van der Waals surface area contributed by atoms with E-state index in [1.165, 1.54) is 4.57 Å². The molecule has 0 aliphatic rings. The van der Waals surface area contributed by atoms with E-state index >= 15 is 0 Å². The predicted octanol–water partition coefficient (Wildman–Crippen LogP) is 0.376. The van der Waals surface area contributed by atoms with Crippen LogP contribution >= 0.6 is 12.4 Å². The van der Waals surface area contributed by atoms with Gasteiger partial charge in [-0.2, -0.15) is 0 Å². The monoisotopic (exact) mass is 310 g/mol. The normalized spacial score (nSPS) is 9.95. The minimum Gasteiger partial charge on any atom is -0.412 e. The molecule has 0 saturated carbocycles. The Morgan fingerprint density at radius 2 is 1.95 bits per heavy atom. The van der Waals surface area contributed by atoms with Crippen LogP contribution in [0, 0.1) is 0 Å². The quantitative estimate of drug-likeness (QED) is 0.727. The van der Waals surface area contributed by atoms with Crippen molar-refractivity contribution in [3.63, 3.8) is 0 Å². The number of nitrogens with zero attached hydrogens (tertiary/aromatic N) is 3. The molecular formula is C13H15ClN4O3. The van der Waals surface area contributed by atoms with E-state index in [1.54, 1.807) is 18.6 Å². The van der Waals surface area contributed by atoms with E-state index in [-0.39, 0.29) is 36.7 Å². The minimum absolute atomic E-state index is 0. The number of aliphatic hydroxyl groups excluding tert-OH is 1. The topological polar surface area (TPSA) is 115 Å². The van der Waals surface area contributed by atoms with Crippen LogP contribution in [0.3, 0.4) is 0 Å². The number of imidazole rings is 1. The van der Waals surface area contributed by atoms with Gasteiger partial charge in [0.15, 0.2) is 5.65 Å². The van der Waals surface area contributed by atoms with E-state index in [0.29, 0.717) is 11.2 Å². The third-order valence-corrected chi connectivity index (χ3v) is 2.95. The molecule has 0 aromatic carbocycles. The summed E-state index contributed by atoms with van der Waals surface area (Å²) in [6.45, 7) is 0.140. The highest BCUT2D eigenvalue weighted by molar-refractivity contribution is 5.85. The van der Waals surface area contributed by atoms with Crippen LogP contribution in [0.4, 0.5) is 0 Å². The third kappa shape index (κ3) is 3.10. The second-order valence-electron chi connectivity index (χ2n) is 4.14. The summed E-state index contributed by atoms with van der Waals surface area (Å²) >= 11 is 0. The van der Waals surface area contributed by atoms with Gasteiger partial charge in [-0.1, -0.05) is 0 Å². The summed E-state index contributed by atoms with van der Waals surface area (Å²) in [6.07, 6.45) is 5.12. The molecule has 3 aromatic rings. The molecule has 0 aliphatic carbocycles. The highest BCUT2D eigenvalue weighted by Crippen LogP contribution is 2.20. The van der Waals surface area contributed by atoms with Gasteiger partial charge in [-0.05, 0) is 23.8 Å². The molecule has 4 N–H and O–H groups in total. The number of H-pyrrole nitrogens is 1. The minimum atomic E-state index is -0.261.